The van der Waals surface area contributed by atoms with Crippen LogP contribution in [0.5, 0.6) is 0 Å². The topological polar surface area (TPSA) is 35.5 Å². The molecule has 3 nitrogen and oxygen atoms in total. The molecule has 0 unspecified atom stereocenters. The molecule has 1 aliphatic rings. The molecule has 1 aromatic carbocycles. The number of aryl methyl sites for hydroxylation is 1. The number of methoxy groups -OCH3 is 1. The Labute approximate surface area is 109 Å². The SMILES string of the molecule is COC(=O)C1(c2sc3ccccc3c2C)COC1. The van der Waals surface area contributed by atoms with Gasteiger partial charge in [-0.25, -0.2) is 0 Å². The Morgan fingerprint density at radius 3 is 2.67 bits per heavy atom. The van der Waals surface area contributed by atoms with Gasteiger partial charge in [0.25, 0.3) is 0 Å². The number of hydrogen-bond donors (Lipinski definition) is 0. The smallest absolute Gasteiger partial charge is 0.321 e. The van der Waals surface area contributed by atoms with Crippen LogP contribution in [-0.4, -0.2) is 26.3 Å². The molecule has 4 heteroatoms. The molecule has 18 heavy (non-hydrogen) atoms. The molecule has 0 radical (unpaired) electrons. The van der Waals surface area contributed by atoms with Gasteiger partial charge in [0.2, 0.25) is 0 Å². The predicted molar refractivity (Wildman–Crippen MR) is 71.1 cm³/mol. The van der Waals surface area contributed by atoms with Crippen molar-refractivity contribution in [2.24, 2.45) is 0 Å². The summed E-state index contributed by atoms with van der Waals surface area (Å²) in [7, 11) is 1.44. The Kier molecular flexibility index (Phi) is 2.64. The minimum Gasteiger partial charge on any atom is -0.468 e. The van der Waals surface area contributed by atoms with E-state index in [0.29, 0.717) is 13.2 Å². The average Bonchev–Trinajstić information content (AvgIpc) is 2.67. The van der Waals surface area contributed by atoms with Gasteiger partial charge in [-0.2, -0.15) is 0 Å². The van der Waals surface area contributed by atoms with E-state index < -0.39 is 5.41 Å². The molecule has 0 saturated carbocycles. The van der Waals surface area contributed by atoms with E-state index in [4.69, 9.17) is 9.47 Å². The lowest BCUT2D eigenvalue weighted by atomic mass is 9.82. The van der Waals surface area contributed by atoms with Crippen LogP contribution in [0.25, 0.3) is 10.1 Å². The third-order valence-electron chi connectivity index (χ3n) is 3.55. The first-order chi connectivity index (χ1) is 8.69. The van der Waals surface area contributed by atoms with Crippen LogP contribution in [-0.2, 0) is 19.7 Å². The number of esters is 1. The fourth-order valence-corrected chi connectivity index (χ4v) is 3.83. The molecular weight excluding hydrogens is 248 g/mol. The molecule has 2 heterocycles. The monoisotopic (exact) mass is 262 g/mol. The van der Waals surface area contributed by atoms with E-state index in [1.807, 2.05) is 12.1 Å². The van der Waals surface area contributed by atoms with Crippen molar-refractivity contribution in [2.75, 3.05) is 20.3 Å². The highest BCUT2D eigenvalue weighted by Gasteiger charge is 2.50. The fraction of sp³-hybridized carbons (Fsp3) is 0.357. The molecule has 94 valence electrons. The van der Waals surface area contributed by atoms with Crippen LogP contribution in [0.2, 0.25) is 0 Å². The van der Waals surface area contributed by atoms with Crippen LogP contribution < -0.4 is 0 Å². The van der Waals surface area contributed by atoms with E-state index >= 15 is 0 Å². The molecular formula is C14H14O3S. The summed E-state index contributed by atoms with van der Waals surface area (Å²) in [5.74, 6) is -0.191. The number of fused-ring (bicyclic) bond motifs is 1. The van der Waals surface area contributed by atoms with Gasteiger partial charge in [0.1, 0.15) is 5.41 Å². The van der Waals surface area contributed by atoms with Crippen LogP contribution in [0.15, 0.2) is 24.3 Å². The van der Waals surface area contributed by atoms with Crippen LogP contribution in [0.1, 0.15) is 10.4 Å². The standard InChI is InChI=1S/C14H14O3S/c1-9-10-5-3-4-6-11(10)18-12(9)14(7-17-8-14)13(15)16-2/h3-6H,7-8H2,1-2H3. The number of carbonyl (C=O) groups excluding carboxylic acids is 1. The van der Waals surface area contributed by atoms with Crippen molar-refractivity contribution < 1.29 is 14.3 Å². The maximum absolute atomic E-state index is 12.0. The molecule has 0 spiro atoms. The average molecular weight is 262 g/mol. The molecule has 0 atom stereocenters. The quantitative estimate of drug-likeness (QED) is 0.781. The van der Waals surface area contributed by atoms with E-state index in [9.17, 15) is 4.79 Å². The van der Waals surface area contributed by atoms with Gasteiger partial charge in [-0.1, -0.05) is 18.2 Å². The minimum absolute atomic E-state index is 0.191. The van der Waals surface area contributed by atoms with Gasteiger partial charge in [0.05, 0.1) is 20.3 Å². The van der Waals surface area contributed by atoms with Crippen molar-refractivity contribution in [3.8, 4) is 0 Å². The van der Waals surface area contributed by atoms with E-state index in [1.54, 1.807) is 11.3 Å². The first-order valence-corrected chi connectivity index (χ1v) is 6.65. The van der Waals surface area contributed by atoms with Gasteiger partial charge in [-0.05, 0) is 23.9 Å². The molecule has 0 amide bonds. The Balaban J connectivity index is 2.19. The third kappa shape index (κ3) is 1.42. The summed E-state index contributed by atoms with van der Waals surface area (Å²) in [5.41, 5.74) is 0.590. The summed E-state index contributed by atoms with van der Waals surface area (Å²) in [4.78, 5) is 13.1. The van der Waals surface area contributed by atoms with E-state index in [-0.39, 0.29) is 5.97 Å². The lowest BCUT2D eigenvalue weighted by Crippen LogP contribution is -2.53. The first-order valence-electron chi connectivity index (χ1n) is 5.84. The van der Waals surface area contributed by atoms with Gasteiger partial charge in [0.15, 0.2) is 0 Å². The number of hydrogen-bond acceptors (Lipinski definition) is 4. The van der Waals surface area contributed by atoms with Gasteiger partial charge in [0, 0.05) is 9.58 Å². The van der Waals surface area contributed by atoms with Crippen molar-refractivity contribution in [1.29, 1.82) is 0 Å². The number of rotatable bonds is 2. The van der Waals surface area contributed by atoms with Crippen LogP contribution in [0, 0.1) is 6.92 Å². The Morgan fingerprint density at radius 1 is 1.39 bits per heavy atom. The summed E-state index contributed by atoms with van der Waals surface area (Å²) in [6.45, 7) is 2.91. The molecule has 3 rings (SSSR count). The third-order valence-corrected chi connectivity index (χ3v) is 5.03. The van der Waals surface area contributed by atoms with Crippen LogP contribution in [0.3, 0.4) is 0 Å². The van der Waals surface area contributed by atoms with Crippen molar-refractivity contribution in [1.82, 2.24) is 0 Å². The summed E-state index contributed by atoms with van der Waals surface area (Å²) in [6.07, 6.45) is 0. The Morgan fingerprint density at radius 2 is 2.11 bits per heavy atom. The lowest BCUT2D eigenvalue weighted by Gasteiger charge is -2.38. The van der Waals surface area contributed by atoms with Gasteiger partial charge >= 0.3 is 5.97 Å². The van der Waals surface area contributed by atoms with Crippen LogP contribution in [0.4, 0.5) is 0 Å². The summed E-state index contributed by atoms with van der Waals surface area (Å²) in [5, 5.41) is 1.22. The van der Waals surface area contributed by atoms with Crippen molar-refractivity contribution >= 4 is 27.4 Å². The maximum Gasteiger partial charge on any atom is 0.321 e. The zero-order chi connectivity index (χ0) is 12.8. The van der Waals surface area contributed by atoms with Crippen molar-refractivity contribution in [2.45, 2.75) is 12.3 Å². The second kappa shape index (κ2) is 4.07. The number of benzene rings is 1. The van der Waals surface area contributed by atoms with E-state index in [2.05, 4.69) is 19.1 Å². The van der Waals surface area contributed by atoms with Crippen molar-refractivity contribution in [3.63, 3.8) is 0 Å². The normalized spacial score (nSPS) is 17.4. The molecule has 1 saturated heterocycles. The molecule has 0 aliphatic carbocycles. The largest absolute Gasteiger partial charge is 0.468 e. The zero-order valence-corrected chi connectivity index (χ0v) is 11.2. The van der Waals surface area contributed by atoms with Gasteiger partial charge in [-0.3, -0.25) is 4.79 Å². The summed E-state index contributed by atoms with van der Waals surface area (Å²) >= 11 is 1.67. The predicted octanol–water partition coefficient (Wildman–Crippen LogP) is 2.65. The minimum atomic E-state index is -0.581. The second-order valence-electron chi connectivity index (χ2n) is 4.62. The zero-order valence-electron chi connectivity index (χ0n) is 10.4. The highest BCUT2D eigenvalue weighted by Crippen LogP contribution is 2.43. The van der Waals surface area contributed by atoms with Gasteiger partial charge in [-0.15, -0.1) is 11.3 Å². The van der Waals surface area contributed by atoms with Gasteiger partial charge < -0.3 is 9.47 Å². The maximum atomic E-state index is 12.0. The molecule has 0 N–H and O–H groups in total. The van der Waals surface area contributed by atoms with Crippen LogP contribution >= 0.6 is 11.3 Å². The highest BCUT2D eigenvalue weighted by atomic mass is 32.1. The second-order valence-corrected chi connectivity index (χ2v) is 5.67. The summed E-state index contributed by atoms with van der Waals surface area (Å²) in [6, 6.07) is 8.22. The Bertz CT molecular complexity index is 611. The Hall–Kier alpha value is -1.39. The number of ether oxygens (including phenoxy) is 2. The molecule has 0 bridgehead atoms. The van der Waals surface area contributed by atoms with E-state index in [1.165, 1.54) is 22.8 Å². The number of carbonyl (C=O) groups is 1. The number of thiophene rings is 1. The fourth-order valence-electron chi connectivity index (χ4n) is 2.47. The molecule has 1 fully saturated rings. The van der Waals surface area contributed by atoms with E-state index in [0.717, 1.165) is 4.88 Å². The first kappa shape index (κ1) is 11.7. The summed E-state index contributed by atoms with van der Waals surface area (Å²) < 4.78 is 11.4. The van der Waals surface area contributed by atoms with Crippen molar-refractivity contribution in [3.05, 3.63) is 34.7 Å². The highest BCUT2D eigenvalue weighted by molar-refractivity contribution is 7.19. The molecule has 1 aliphatic heterocycles. The molecule has 2 aromatic rings. The molecule has 1 aromatic heterocycles. The lowest BCUT2D eigenvalue weighted by molar-refractivity contribution is -0.166.